The number of fused-ring (bicyclic) bond motifs is 1. The van der Waals surface area contributed by atoms with Crippen molar-refractivity contribution in [1.82, 2.24) is 5.32 Å². The highest BCUT2D eigenvalue weighted by atomic mass is 35.5. The molecule has 6 heteroatoms. The molecule has 0 radical (unpaired) electrons. The van der Waals surface area contributed by atoms with Gasteiger partial charge in [0.2, 0.25) is 16.6 Å². The summed E-state index contributed by atoms with van der Waals surface area (Å²) in [6.07, 6.45) is 6.81. The zero-order valence-electron chi connectivity index (χ0n) is 14.8. The summed E-state index contributed by atoms with van der Waals surface area (Å²) in [7, 11) is 0. The minimum absolute atomic E-state index is 0.147. The second kappa shape index (κ2) is 7.08. The van der Waals surface area contributed by atoms with E-state index < -0.39 is 0 Å². The van der Waals surface area contributed by atoms with E-state index in [2.05, 4.69) is 39.5 Å². The summed E-state index contributed by atoms with van der Waals surface area (Å²) in [5, 5.41) is 3.51. The van der Waals surface area contributed by atoms with Crippen LogP contribution in [0, 0.1) is 0 Å². The maximum Gasteiger partial charge on any atom is 0.330 e. The number of rotatable bonds is 5. The van der Waals surface area contributed by atoms with Crippen molar-refractivity contribution in [2.45, 2.75) is 32.7 Å². The number of benzene rings is 1. The standard InChI is InChI=1S/C20H21ClN4O/c1-2-16-19(25-17(21)9-10-18(25)23-16)20(26)22-13-14-5-7-15(8-6-14)24-11-3-4-12-24/h5-10H,2-4,11-13H2,1H3/p+1. The van der Waals surface area contributed by atoms with E-state index in [-0.39, 0.29) is 5.91 Å². The second-order valence-corrected chi connectivity index (χ2v) is 7.04. The van der Waals surface area contributed by atoms with E-state index in [0.29, 0.717) is 29.7 Å². The van der Waals surface area contributed by atoms with Crippen LogP contribution in [0.3, 0.4) is 0 Å². The molecule has 5 nitrogen and oxygen atoms in total. The summed E-state index contributed by atoms with van der Waals surface area (Å²) in [6.45, 7) is 4.73. The summed E-state index contributed by atoms with van der Waals surface area (Å²) in [5.74, 6) is 0.568. The highest BCUT2D eigenvalue weighted by molar-refractivity contribution is 6.66. The fourth-order valence-corrected chi connectivity index (χ4v) is 3.81. The van der Waals surface area contributed by atoms with Crippen LogP contribution in [0.25, 0.3) is 0 Å². The van der Waals surface area contributed by atoms with Crippen LogP contribution in [0.15, 0.2) is 52.4 Å². The van der Waals surface area contributed by atoms with Gasteiger partial charge >= 0.3 is 5.82 Å². The number of halogens is 1. The van der Waals surface area contributed by atoms with E-state index in [1.165, 1.54) is 18.5 Å². The first-order valence-electron chi connectivity index (χ1n) is 9.12. The number of carbonyl (C=O) groups is 1. The van der Waals surface area contributed by atoms with Crippen molar-refractivity contribution in [2.75, 3.05) is 18.0 Å². The Hall–Kier alpha value is -2.40. The third-order valence-electron chi connectivity index (χ3n) is 4.97. The van der Waals surface area contributed by atoms with Crippen LogP contribution in [0.4, 0.5) is 5.69 Å². The van der Waals surface area contributed by atoms with Gasteiger partial charge in [-0.1, -0.05) is 19.1 Å². The molecule has 0 atom stereocenters. The van der Waals surface area contributed by atoms with E-state index in [9.17, 15) is 4.79 Å². The van der Waals surface area contributed by atoms with E-state index in [0.717, 1.165) is 24.4 Å². The lowest BCUT2D eigenvalue weighted by atomic mass is 10.1. The summed E-state index contributed by atoms with van der Waals surface area (Å²) in [4.78, 5) is 19.7. The van der Waals surface area contributed by atoms with Gasteiger partial charge < -0.3 is 10.2 Å². The molecule has 1 aromatic carbocycles. The molecule has 1 saturated heterocycles. The Kier molecular flexibility index (Phi) is 4.64. The lowest BCUT2D eigenvalue weighted by molar-refractivity contribution is -0.400. The molecule has 1 amide bonds. The SMILES string of the molecule is CCC1=NC2=CC=C(Cl)[N+]2=C1C(=O)NCc1ccc(N2CCCC2)cc1. The van der Waals surface area contributed by atoms with E-state index >= 15 is 0 Å². The van der Waals surface area contributed by atoms with Crippen molar-refractivity contribution in [3.8, 4) is 0 Å². The average molecular weight is 370 g/mol. The lowest BCUT2D eigenvalue weighted by Gasteiger charge is -2.17. The van der Waals surface area contributed by atoms with Crippen LogP contribution in [0.5, 0.6) is 0 Å². The molecule has 1 fully saturated rings. The van der Waals surface area contributed by atoms with Gasteiger partial charge in [0.15, 0.2) is 0 Å². The molecule has 3 aliphatic heterocycles. The first-order chi connectivity index (χ1) is 12.7. The number of anilines is 1. The molecule has 26 heavy (non-hydrogen) atoms. The zero-order chi connectivity index (χ0) is 18.1. The maximum absolute atomic E-state index is 12.8. The number of aliphatic imine (C=N–C) groups is 1. The van der Waals surface area contributed by atoms with Gasteiger partial charge in [0.25, 0.3) is 5.91 Å². The van der Waals surface area contributed by atoms with E-state index in [1.54, 1.807) is 10.7 Å². The van der Waals surface area contributed by atoms with Crippen molar-refractivity contribution in [2.24, 2.45) is 4.99 Å². The zero-order valence-corrected chi connectivity index (χ0v) is 15.6. The number of carbonyl (C=O) groups excluding carboxylic acids is 1. The maximum atomic E-state index is 12.8. The van der Waals surface area contributed by atoms with Crippen molar-refractivity contribution < 1.29 is 9.37 Å². The third kappa shape index (κ3) is 3.07. The smallest absolute Gasteiger partial charge is 0.330 e. The molecule has 0 spiro atoms. The van der Waals surface area contributed by atoms with Crippen molar-refractivity contribution in [3.63, 3.8) is 0 Å². The highest BCUT2D eigenvalue weighted by Gasteiger charge is 2.40. The molecule has 134 valence electrons. The molecular weight excluding hydrogens is 348 g/mol. The Balaban J connectivity index is 1.44. The average Bonchev–Trinajstić information content (AvgIpc) is 3.38. The predicted octanol–water partition coefficient (Wildman–Crippen LogP) is 3.16. The van der Waals surface area contributed by atoms with E-state index in [1.807, 2.05) is 13.0 Å². The van der Waals surface area contributed by atoms with Crippen LogP contribution in [-0.4, -0.2) is 35.0 Å². The first kappa shape index (κ1) is 17.0. The van der Waals surface area contributed by atoms with Gasteiger partial charge in [-0.3, -0.25) is 4.79 Å². The molecule has 0 aromatic heterocycles. The van der Waals surface area contributed by atoms with Gasteiger partial charge in [-0.25, -0.2) is 0 Å². The Bertz CT molecular complexity index is 858. The number of hydrogen-bond acceptors (Lipinski definition) is 3. The highest BCUT2D eigenvalue weighted by Crippen LogP contribution is 2.25. The first-order valence-corrected chi connectivity index (χ1v) is 9.49. The van der Waals surface area contributed by atoms with Gasteiger partial charge in [0, 0.05) is 43.9 Å². The molecule has 0 bridgehead atoms. The molecular formula is C20H22ClN4O+. The van der Waals surface area contributed by atoms with Gasteiger partial charge in [-0.2, -0.15) is 4.58 Å². The van der Waals surface area contributed by atoms with Crippen molar-refractivity contribution in [3.05, 3.63) is 53.0 Å². The fourth-order valence-electron chi connectivity index (χ4n) is 3.58. The molecule has 0 unspecified atom stereocenters. The van der Waals surface area contributed by atoms with Crippen LogP contribution in [0.1, 0.15) is 31.7 Å². The third-order valence-corrected chi connectivity index (χ3v) is 5.26. The Morgan fingerprint density at radius 3 is 2.65 bits per heavy atom. The van der Waals surface area contributed by atoms with Crippen LogP contribution >= 0.6 is 11.6 Å². The summed E-state index contributed by atoms with van der Waals surface area (Å²) >= 11 is 6.23. The number of nitrogens with one attached hydrogen (secondary N) is 1. The number of nitrogens with zero attached hydrogens (tertiary/aromatic N) is 3. The van der Waals surface area contributed by atoms with Crippen molar-refractivity contribution >= 4 is 34.6 Å². The van der Waals surface area contributed by atoms with E-state index in [4.69, 9.17) is 11.6 Å². The van der Waals surface area contributed by atoms with Gasteiger partial charge in [0.1, 0.15) is 0 Å². The molecule has 3 heterocycles. The molecule has 3 aliphatic rings. The van der Waals surface area contributed by atoms with Crippen molar-refractivity contribution in [1.29, 1.82) is 0 Å². The molecule has 1 N–H and O–H groups in total. The predicted molar refractivity (Wildman–Crippen MR) is 105 cm³/mol. The minimum Gasteiger partial charge on any atom is -0.372 e. The lowest BCUT2D eigenvalue weighted by Crippen LogP contribution is -2.38. The number of hydrogen-bond donors (Lipinski definition) is 1. The Labute approximate surface area is 158 Å². The number of amides is 1. The second-order valence-electron chi connectivity index (χ2n) is 6.65. The molecule has 0 aliphatic carbocycles. The normalized spacial score (nSPS) is 18.7. The van der Waals surface area contributed by atoms with Gasteiger partial charge in [-0.05, 0) is 47.1 Å². The van der Waals surface area contributed by atoms with Crippen LogP contribution in [0.2, 0.25) is 0 Å². The summed E-state index contributed by atoms with van der Waals surface area (Å²) in [6, 6.07) is 8.43. The molecule has 1 aromatic rings. The van der Waals surface area contributed by atoms with Crippen LogP contribution < -0.4 is 10.2 Å². The van der Waals surface area contributed by atoms with Gasteiger partial charge in [-0.15, -0.1) is 0 Å². The Morgan fingerprint density at radius 1 is 1.23 bits per heavy atom. The largest absolute Gasteiger partial charge is 0.372 e. The monoisotopic (exact) mass is 369 g/mol. The molecule has 4 rings (SSSR count). The van der Waals surface area contributed by atoms with Crippen LogP contribution in [-0.2, 0) is 11.3 Å². The minimum atomic E-state index is -0.147. The van der Waals surface area contributed by atoms with Gasteiger partial charge in [0.05, 0.1) is 0 Å². The molecule has 0 saturated carbocycles. The summed E-state index contributed by atoms with van der Waals surface area (Å²) < 4.78 is 1.71. The summed E-state index contributed by atoms with van der Waals surface area (Å²) in [5.41, 5.74) is 3.64. The quantitative estimate of drug-likeness (QED) is 0.640. The Morgan fingerprint density at radius 2 is 1.96 bits per heavy atom. The fraction of sp³-hybridized carbons (Fsp3) is 0.350. The topological polar surface area (TPSA) is 47.7 Å². The number of allylic oxidation sites excluding steroid dienone is 2.